The Bertz CT molecular complexity index is 1100. The Morgan fingerprint density at radius 1 is 0.946 bits per heavy atom. The van der Waals surface area contributed by atoms with E-state index in [1.165, 1.54) is 24.7 Å². The van der Waals surface area contributed by atoms with Crippen molar-refractivity contribution in [2.24, 2.45) is 11.5 Å². The van der Waals surface area contributed by atoms with Crippen LogP contribution in [-0.2, 0) is 36.8 Å². The molecule has 200 valence electrons. The van der Waals surface area contributed by atoms with Gasteiger partial charge in [-0.05, 0) is 17.7 Å². The number of primary amides is 1. The fraction of sp³-hybridized carbons (Fsp3) is 0.364. The molecule has 2 aromatic rings. The number of carboxylic acids is 1. The summed E-state index contributed by atoms with van der Waals surface area (Å²) in [6, 6.07) is 0.781. The van der Waals surface area contributed by atoms with Crippen LogP contribution in [0.15, 0.2) is 36.8 Å². The minimum Gasteiger partial charge on any atom is -0.508 e. The number of imidazole rings is 1. The van der Waals surface area contributed by atoms with Gasteiger partial charge in [0.2, 0.25) is 23.6 Å². The lowest BCUT2D eigenvalue weighted by atomic mass is 10.0. The summed E-state index contributed by atoms with van der Waals surface area (Å²) in [6.07, 6.45) is 1.97. The number of H-pyrrole nitrogens is 1. The highest BCUT2D eigenvalue weighted by atomic mass is 32.1. The second-order valence-corrected chi connectivity index (χ2v) is 8.50. The number of aromatic nitrogens is 2. The Morgan fingerprint density at radius 2 is 1.51 bits per heavy atom. The first-order valence-corrected chi connectivity index (χ1v) is 11.7. The Hall–Kier alpha value is -4.11. The molecule has 0 aliphatic heterocycles. The average Bonchev–Trinajstić information content (AvgIpc) is 3.36. The molecule has 0 spiro atoms. The third-order valence-electron chi connectivity index (χ3n) is 5.17. The molecule has 0 aliphatic carbocycles. The zero-order valence-corrected chi connectivity index (χ0v) is 20.5. The molecule has 37 heavy (non-hydrogen) atoms. The maximum atomic E-state index is 13.3. The number of thiol groups is 1. The second-order valence-electron chi connectivity index (χ2n) is 8.13. The van der Waals surface area contributed by atoms with Crippen molar-refractivity contribution in [1.29, 1.82) is 0 Å². The molecule has 0 bridgehead atoms. The van der Waals surface area contributed by atoms with Gasteiger partial charge in [0.15, 0.2) is 0 Å². The summed E-state index contributed by atoms with van der Waals surface area (Å²) in [5, 5.41) is 26.1. The number of carbonyl (C=O) groups excluding carboxylic acids is 4. The first-order valence-electron chi connectivity index (χ1n) is 11.0. The van der Waals surface area contributed by atoms with E-state index in [1.54, 1.807) is 12.1 Å². The van der Waals surface area contributed by atoms with Crippen molar-refractivity contribution in [3.63, 3.8) is 0 Å². The second kappa shape index (κ2) is 13.8. The molecule has 0 fully saturated rings. The van der Waals surface area contributed by atoms with Crippen LogP contribution in [-0.4, -0.2) is 79.7 Å². The van der Waals surface area contributed by atoms with E-state index in [4.69, 9.17) is 11.5 Å². The fourth-order valence-corrected chi connectivity index (χ4v) is 3.38. The van der Waals surface area contributed by atoms with Crippen LogP contribution in [0.25, 0.3) is 0 Å². The first kappa shape index (κ1) is 29.1. The minimum absolute atomic E-state index is 0.00567. The smallest absolute Gasteiger partial charge is 0.326 e. The summed E-state index contributed by atoms with van der Waals surface area (Å²) < 4.78 is 0. The molecular formula is C22H29N7O7S. The number of aliphatic carboxylic acids is 1. The fourth-order valence-electron chi connectivity index (χ4n) is 3.21. The van der Waals surface area contributed by atoms with Crippen LogP contribution in [0.2, 0.25) is 0 Å². The maximum Gasteiger partial charge on any atom is 0.326 e. The van der Waals surface area contributed by atoms with Gasteiger partial charge in [-0.25, -0.2) is 9.78 Å². The maximum absolute atomic E-state index is 13.3. The van der Waals surface area contributed by atoms with Crippen LogP contribution in [0.3, 0.4) is 0 Å². The summed E-state index contributed by atoms with van der Waals surface area (Å²) in [4.78, 5) is 68.0. The van der Waals surface area contributed by atoms with Gasteiger partial charge in [0.25, 0.3) is 0 Å². The molecular weight excluding hydrogens is 506 g/mol. The molecule has 2 rings (SSSR count). The molecule has 10 N–H and O–H groups in total. The van der Waals surface area contributed by atoms with Gasteiger partial charge < -0.3 is 42.6 Å². The summed E-state index contributed by atoms with van der Waals surface area (Å²) >= 11 is 3.99. The van der Waals surface area contributed by atoms with Crippen LogP contribution in [0.5, 0.6) is 5.75 Å². The number of benzene rings is 1. The number of aromatic hydroxyl groups is 1. The van der Waals surface area contributed by atoms with Crippen molar-refractivity contribution in [2.75, 3.05) is 5.75 Å². The number of phenolic OH excluding ortho intramolecular Hbond substituents is 1. The number of amides is 4. The normalized spacial score (nSPS) is 14.0. The zero-order chi connectivity index (χ0) is 27.5. The summed E-state index contributed by atoms with van der Waals surface area (Å²) in [7, 11) is 0. The van der Waals surface area contributed by atoms with Crippen molar-refractivity contribution in [2.45, 2.75) is 43.4 Å². The molecule has 1 heterocycles. The zero-order valence-electron chi connectivity index (χ0n) is 19.6. The van der Waals surface area contributed by atoms with Crippen molar-refractivity contribution in [3.8, 4) is 5.75 Å². The summed E-state index contributed by atoms with van der Waals surface area (Å²) in [5.74, 6) is -4.74. The third-order valence-corrected chi connectivity index (χ3v) is 5.57. The minimum atomic E-state index is -1.62. The predicted octanol–water partition coefficient (Wildman–Crippen LogP) is -2.43. The van der Waals surface area contributed by atoms with Crippen molar-refractivity contribution in [1.82, 2.24) is 25.9 Å². The molecule has 1 aromatic heterocycles. The Labute approximate surface area is 217 Å². The van der Waals surface area contributed by atoms with Gasteiger partial charge in [0.05, 0.1) is 18.8 Å². The van der Waals surface area contributed by atoms with Gasteiger partial charge in [-0.2, -0.15) is 12.6 Å². The number of nitrogens with zero attached hydrogens (tertiary/aromatic N) is 1. The SMILES string of the molecule is NC(=O)CC(NC(=O)C(Cc1cnc[nH]1)NC(=O)C(Cc1ccc(O)cc1)NC(=O)C(N)CS)C(=O)O. The van der Waals surface area contributed by atoms with Crippen LogP contribution in [0.1, 0.15) is 17.7 Å². The lowest BCUT2D eigenvalue weighted by Gasteiger charge is -2.25. The van der Waals surface area contributed by atoms with E-state index in [2.05, 4.69) is 38.5 Å². The number of rotatable bonds is 14. The molecule has 4 amide bonds. The number of nitrogens with two attached hydrogens (primary N) is 2. The molecule has 15 heteroatoms. The number of phenols is 1. The highest BCUT2D eigenvalue weighted by Gasteiger charge is 2.31. The number of hydrogen-bond donors (Lipinski definition) is 9. The standard InChI is InChI=1S/C22H29N7O7S/c23-14(9-37)19(32)27-15(5-11-1-3-13(30)4-2-11)20(33)28-16(6-12-8-25-10-26-12)21(34)29-17(22(35)36)7-18(24)31/h1-4,8,10,14-17,30,37H,5-7,9,23H2,(H2,24,31)(H,25,26)(H,27,32)(H,28,33)(H,29,34)(H,35,36). The van der Waals surface area contributed by atoms with E-state index in [0.29, 0.717) is 11.3 Å². The summed E-state index contributed by atoms with van der Waals surface area (Å²) in [6.45, 7) is 0. The molecule has 0 saturated heterocycles. The van der Waals surface area contributed by atoms with Gasteiger partial charge in [0, 0.05) is 30.5 Å². The van der Waals surface area contributed by atoms with Crippen LogP contribution in [0, 0.1) is 0 Å². The van der Waals surface area contributed by atoms with Crippen LogP contribution >= 0.6 is 12.6 Å². The van der Waals surface area contributed by atoms with Crippen LogP contribution in [0.4, 0.5) is 0 Å². The van der Waals surface area contributed by atoms with Crippen LogP contribution < -0.4 is 27.4 Å². The van der Waals surface area contributed by atoms with E-state index in [-0.39, 0.29) is 24.3 Å². The van der Waals surface area contributed by atoms with E-state index >= 15 is 0 Å². The highest BCUT2D eigenvalue weighted by Crippen LogP contribution is 2.12. The van der Waals surface area contributed by atoms with Gasteiger partial charge >= 0.3 is 5.97 Å². The van der Waals surface area contributed by atoms with Crippen molar-refractivity contribution in [3.05, 3.63) is 48.0 Å². The van der Waals surface area contributed by atoms with E-state index in [1.807, 2.05) is 0 Å². The molecule has 4 atom stereocenters. The van der Waals surface area contributed by atoms with E-state index in [9.17, 15) is 34.2 Å². The number of aromatic amines is 1. The number of nitrogens with one attached hydrogen (secondary N) is 4. The van der Waals surface area contributed by atoms with Crippen molar-refractivity contribution >= 4 is 42.2 Å². The van der Waals surface area contributed by atoms with E-state index < -0.39 is 60.2 Å². The van der Waals surface area contributed by atoms with Gasteiger partial charge in [-0.1, -0.05) is 12.1 Å². The third kappa shape index (κ3) is 9.46. The molecule has 14 nitrogen and oxygen atoms in total. The number of hydrogen-bond acceptors (Lipinski definition) is 9. The largest absolute Gasteiger partial charge is 0.508 e. The Kier molecular flexibility index (Phi) is 10.9. The van der Waals surface area contributed by atoms with Gasteiger partial charge in [-0.3, -0.25) is 19.2 Å². The van der Waals surface area contributed by atoms with E-state index in [0.717, 1.165) is 0 Å². The molecule has 4 unspecified atom stereocenters. The Balaban J connectivity index is 2.28. The quantitative estimate of drug-likeness (QED) is 0.117. The monoisotopic (exact) mass is 535 g/mol. The highest BCUT2D eigenvalue weighted by molar-refractivity contribution is 7.80. The molecule has 0 radical (unpaired) electrons. The predicted molar refractivity (Wildman–Crippen MR) is 133 cm³/mol. The van der Waals surface area contributed by atoms with Gasteiger partial charge in [-0.15, -0.1) is 0 Å². The summed E-state index contributed by atoms with van der Waals surface area (Å²) in [5.41, 5.74) is 11.8. The molecule has 0 saturated carbocycles. The first-order chi connectivity index (χ1) is 17.5. The van der Waals surface area contributed by atoms with Crippen molar-refractivity contribution < 1.29 is 34.2 Å². The Morgan fingerprint density at radius 3 is 2.03 bits per heavy atom. The van der Waals surface area contributed by atoms with Gasteiger partial charge in [0.1, 0.15) is 23.9 Å². The lowest BCUT2D eigenvalue weighted by Crippen LogP contribution is -2.58. The average molecular weight is 536 g/mol. The number of carbonyl (C=O) groups is 5. The molecule has 1 aromatic carbocycles. The lowest BCUT2D eigenvalue weighted by molar-refractivity contribution is -0.143. The topological polar surface area (TPSA) is 243 Å². The number of carboxylic acid groups (broad SMARTS) is 1. The molecule has 0 aliphatic rings.